The first-order chi connectivity index (χ1) is 4.70. The Morgan fingerprint density at radius 2 is 2.09 bits per heavy atom. The zero-order chi connectivity index (χ0) is 7.56. The van der Waals surface area contributed by atoms with Gasteiger partial charge in [0.15, 0.2) is 0 Å². The lowest BCUT2D eigenvalue weighted by Gasteiger charge is -1.93. The molecule has 0 saturated carbocycles. The molecule has 4 heteroatoms. The maximum atomic E-state index is 12.4. The SMILES string of the molecule is CS(=O)c1cccc(F)c1.O. The molecule has 0 aliphatic carbocycles. The topological polar surface area (TPSA) is 48.6 Å². The van der Waals surface area contributed by atoms with Gasteiger partial charge in [-0.3, -0.25) is 4.21 Å². The van der Waals surface area contributed by atoms with Crippen molar-refractivity contribution in [2.75, 3.05) is 6.26 Å². The van der Waals surface area contributed by atoms with Crippen LogP contribution in [0.15, 0.2) is 29.2 Å². The molecule has 1 aromatic carbocycles. The maximum Gasteiger partial charge on any atom is 0.124 e. The largest absolute Gasteiger partial charge is 0.412 e. The fourth-order valence-electron chi connectivity index (χ4n) is 0.646. The van der Waals surface area contributed by atoms with E-state index in [0.29, 0.717) is 4.90 Å². The monoisotopic (exact) mass is 176 g/mol. The van der Waals surface area contributed by atoms with Gasteiger partial charge in [0.05, 0.1) is 0 Å². The molecule has 1 unspecified atom stereocenters. The van der Waals surface area contributed by atoms with Crippen molar-refractivity contribution in [3.8, 4) is 0 Å². The van der Waals surface area contributed by atoms with Gasteiger partial charge in [0.2, 0.25) is 0 Å². The maximum absolute atomic E-state index is 12.4. The van der Waals surface area contributed by atoms with Crippen molar-refractivity contribution < 1.29 is 14.1 Å². The lowest BCUT2D eigenvalue weighted by atomic mass is 10.4. The van der Waals surface area contributed by atoms with E-state index in [1.165, 1.54) is 18.4 Å². The van der Waals surface area contributed by atoms with Gasteiger partial charge >= 0.3 is 0 Å². The van der Waals surface area contributed by atoms with Crippen LogP contribution in [0.3, 0.4) is 0 Å². The van der Waals surface area contributed by atoms with Crippen molar-refractivity contribution in [2.24, 2.45) is 0 Å². The van der Waals surface area contributed by atoms with Gasteiger partial charge in [-0.05, 0) is 18.2 Å². The highest BCUT2D eigenvalue weighted by molar-refractivity contribution is 7.84. The second kappa shape index (κ2) is 4.20. The summed E-state index contributed by atoms with van der Waals surface area (Å²) in [5.41, 5.74) is 0. The van der Waals surface area contributed by atoms with E-state index < -0.39 is 10.8 Å². The summed E-state index contributed by atoms with van der Waals surface area (Å²) in [6.45, 7) is 0. The van der Waals surface area contributed by atoms with Crippen LogP contribution in [0.25, 0.3) is 0 Å². The quantitative estimate of drug-likeness (QED) is 0.622. The van der Waals surface area contributed by atoms with E-state index in [4.69, 9.17) is 0 Å². The molecule has 0 amide bonds. The highest BCUT2D eigenvalue weighted by Gasteiger charge is 1.96. The van der Waals surface area contributed by atoms with Crippen LogP contribution in [-0.4, -0.2) is 15.9 Å². The van der Waals surface area contributed by atoms with Crippen LogP contribution >= 0.6 is 0 Å². The molecule has 0 heterocycles. The highest BCUT2D eigenvalue weighted by atomic mass is 32.2. The molecule has 0 saturated heterocycles. The highest BCUT2D eigenvalue weighted by Crippen LogP contribution is 2.05. The number of hydrogen-bond donors (Lipinski definition) is 0. The minimum atomic E-state index is -1.08. The van der Waals surface area contributed by atoms with Crippen molar-refractivity contribution >= 4 is 10.8 Å². The van der Waals surface area contributed by atoms with Gasteiger partial charge in [0.1, 0.15) is 5.82 Å². The average Bonchev–Trinajstić information content (AvgIpc) is 1.88. The Labute approximate surface area is 66.8 Å². The van der Waals surface area contributed by atoms with Crippen LogP contribution in [0.2, 0.25) is 0 Å². The van der Waals surface area contributed by atoms with Crippen LogP contribution in [0.4, 0.5) is 4.39 Å². The lowest BCUT2D eigenvalue weighted by Crippen LogP contribution is -1.86. The fraction of sp³-hybridized carbons (Fsp3) is 0.143. The standard InChI is InChI=1S/C7H7FOS.H2O/c1-10(9)7-4-2-3-6(8)5-7;/h2-5H,1H3;1H2. The summed E-state index contributed by atoms with van der Waals surface area (Å²) in [4.78, 5) is 0.528. The molecule has 0 aromatic heterocycles. The van der Waals surface area contributed by atoms with Gasteiger partial charge < -0.3 is 5.48 Å². The number of rotatable bonds is 1. The van der Waals surface area contributed by atoms with Gasteiger partial charge in [-0.15, -0.1) is 0 Å². The third-order valence-electron chi connectivity index (χ3n) is 1.13. The van der Waals surface area contributed by atoms with Gasteiger partial charge in [-0.2, -0.15) is 0 Å². The summed E-state index contributed by atoms with van der Waals surface area (Å²) >= 11 is 0. The van der Waals surface area contributed by atoms with Crippen molar-refractivity contribution in [3.63, 3.8) is 0 Å². The molecule has 0 spiro atoms. The van der Waals surface area contributed by atoms with Crippen molar-refractivity contribution in [1.29, 1.82) is 0 Å². The Morgan fingerprint density at radius 1 is 1.45 bits per heavy atom. The number of halogens is 1. The van der Waals surface area contributed by atoms with E-state index >= 15 is 0 Å². The van der Waals surface area contributed by atoms with Crippen molar-refractivity contribution in [2.45, 2.75) is 4.90 Å². The normalized spacial score (nSPS) is 11.8. The Kier molecular flexibility index (Phi) is 3.92. The second-order valence-corrected chi connectivity index (χ2v) is 3.29. The molecule has 0 aliphatic heterocycles. The molecule has 1 rings (SSSR count). The average molecular weight is 176 g/mol. The molecule has 0 fully saturated rings. The molecule has 1 aromatic rings. The number of hydrogen-bond acceptors (Lipinski definition) is 1. The zero-order valence-corrected chi connectivity index (χ0v) is 6.82. The van der Waals surface area contributed by atoms with E-state index in [-0.39, 0.29) is 11.3 Å². The van der Waals surface area contributed by atoms with Crippen molar-refractivity contribution in [1.82, 2.24) is 0 Å². The molecule has 0 aliphatic rings. The predicted octanol–water partition coefficient (Wildman–Crippen LogP) is 0.738. The molecular formula is C7H9FO2S. The van der Waals surface area contributed by atoms with E-state index in [0.717, 1.165) is 0 Å². The summed E-state index contributed by atoms with van der Waals surface area (Å²) in [5.74, 6) is -0.340. The van der Waals surface area contributed by atoms with Gasteiger partial charge in [-0.25, -0.2) is 4.39 Å². The van der Waals surface area contributed by atoms with Crippen LogP contribution in [0.1, 0.15) is 0 Å². The summed E-state index contributed by atoms with van der Waals surface area (Å²) in [7, 11) is -1.08. The predicted molar refractivity (Wildman–Crippen MR) is 42.3 cm³/mol. The van der Waals surface area contributed by atoms with E-state index in [1.807, 2.05) is 0 Å². The third kappa shape index (κ3) is 2.78. The Morgan fingerprint density at radius 3 is 2.45 bits per heavy atom. The number of benzene rings is 1. The fourth-order valence-corrected chi connectivity index (χ4v) is 1.19. The molecule has 0 bridgehead atoms. The molecule has 2 nitrogen and oxygen atoms in total. The first-order valence-electron chi connectivity index (χ1n) is 2.79. The minimum Gasteiger partial charge on any atom is -0.412 e. The molecule has 2 N–H and O–H groups in total. The summed E-state index contributed by atoms with van der Waals surface area (Å²) < 4.78 is 23.1. The lowest BCUT2D eigenvalue weighted by molar-refractivity contribution is 0.623. The van der Waals surface area contributed by atoms with Gasteiger partial charge in [-0.1, -0.05) is 6.07 Å². The summed E-state index contributed by atoms with van der Waals surface area (Å²) in [6.07, 6.45) is 1.52. The molecule has 11 heavy (non-hydrogen) atoms. The van der Waals surface area contributed by atoms with Gasteiger partial charge in [0.25, 0.3) is 0 Å². The minimum absolute atomic E-state index is 0. The van der Waals surface area contributed by atoms with Crippen LogP contribution < -0.4 is 0 Å². The second-order valence-electron chi connectivity index (χ2n) is 1.91. The van der Waals surface area contributed by atoms with Crippen LogP contribution in [-0.2, 0) is 10.8 Å². The summed E-state index contributed by atoms with van der Waals surface area (Å²) in [5, 5.41) is 0. The molecule has 62 valence electrons. The third-order valence-corrected chi connectivity index (χ3v) is 2.05. The van der Waals surface area contributed by atoms with Crippen LogP contribution in [0.5, 0.6) is 0 Å². The van der Waals surface area contributed by atoms with Crippen LogP contribution in [0, 0.1) is 5.82 Å². The molecule has 0 radical (unpaired) electrons. The molecule has 1 atom stereocenters. The summed E-state index contributed by atoms with van der Waals surface area (Å²) in [6, 6.07) is 5.79. The smallest absolute Gasteiger partial charge is 0.124 e. The Bertz CT molecular complexity index is 262. The van der Waals surface area contributed by atoms with Crippen molar-refractivity contribution in [3.05, 3.63) is 30.1 Å². The van der Waals surface area contributed by atoms with E-state index in [1.54, 1.807) is 12.1 Å². The Balaban J connectivity index is 0.000001000. The first-order valence-corrected chi connectivity index (χ1v) is 4.35. The Hall–Kier alpha value is -0.740. The van der Waals surface area contributed by atoms with E-state index in [2.05, 4.69) is 0 Å². The zero-order valence-electron chi connectivity index (χ0n) is 6.00. The first kappa shape index (κ1) is 10.3. The molecular weight excluding hydrogens is 167 g/mol. The van der Waals surface area contributed by atoms with Gasteiger partial charge in [0, 0.05) is 22.0 Å². The van der Waals surface area contributed by atoms with E-state index in [9.17, 15) is 8.60 Å².